The molecule has 1 fully saturated rings. The van der Waals surface area contributed by atoms with Crippen LogP contribution < -0.4 is 25.0 Å². The fourth-order valence-electron chi connectivity index (χ4n) is 6.23. The number of aromatic nitrogens is 1. The van der Waals surface area contributed by atoms with E-state index in [0.29, 0.717) is 29.0 Å². The Morgan fingerprint density at radius 1 is 0.981 bits per heavy atom. The molecule has 53 heavy (non-hydrogen) atoms. The van der Waals surface area contributed by atoms with Gasteiger partial charge >= 0.3 is 6.03 Å². The van der Waals surface area contributed by atoms with Crippen LogP contribution >= 0.6 is 23.1 Å². The lowest BCUT2D eigenvalue weighted by Gasteiger charge is -2.35. The Morgan fingerprint density at radius 2 is 1.77 bits per heavy atom. The number of thioether (sulfide) groups is 1. The van der Waals surface area contributed by atoms with Gasteiger partial charge in [-0.25, -0.2) is 32.8 Å². The van der Waals surface area contributed by atoms with E-state index in [2.05, 4.69) is 32.1 Å². The van der Waals surface area contributed by atoms with E-state index in [1.165, 1.54) is 35.9 Å². The Hall–Kier alpha value is -5.06. The van der Waals surface area contributed by atoms with Gasteiger partial charge in [-0.2, -0.15) is 0 Å². The van der Waals surface area contributed by atoms with Crippen molar-refractivity contribution in [1.82, 2.24) is 20.3 Å². The van der Waals surface area contributed by atoms with Gasteiger partial charge in [-0.05, 0) is 54.1 Å². The molecule has 2 N–H and O–H groups in total. The quantitative estimate of drug-likeness (QED) is 0.103. The molecule has 7 rings (SSSR count). The van der Waals surface area contributed by atoms with E-state index in [1.807, 2.05) is 11.3 Å². The number of anilines is 1. The number of halogens is 4. The molecule has 0 radical (unpaired) electrons. The monoisotopic (exact) mass is 767 g/mol. The van der Waals surface area contributed by atoms with Crippen molar-refractivity contribution in [2.24, 2.45) is 0 Å². The molecule has 10 nitrogen and oxygen atoms in total. The maximum absolute atomic E-state index is 15.4. The number of hydrazine groups is 1. The summed E-state index contributed by atoms with van der Waals surface area (Å²) in [6, 6.07) is 10.8. The number of nitrogens with zero attached hydrogens (tertiary/aromatic N) is 3. The highest BCUT2D eigenvalue weighted by Gasteiger charge is 2.35. The molecule has 16 heteroatoms. The number of pyridine rings is 1. The summed E-state index contributed by atoms with van der Waals surface area (Å²) in [5.74, 6) is -4.22. The fraction of sp³-hybridized carbons (Fsp3) is 0.270. The number of ether oxygens (including phenoxy) is 3. The minimum Gasteiger partial charge on any atom is -0.493 e. The molecule has 0 spiro atoms. The number of carbonyl (C=O) groups excluding carboxylic acids is 2. The van der Waals surface area contributed by atoms with Gasteiger partial charge in [-0.1, -0.05) is 6.07 Å². The molecule has 1 saturated heterocycles. The first-order valence-electron chi connectivity index (χ1n) is 16.7. The lowest BCUT2D eigenvalue weighted by molar-refractivity contribution is -0.134. The molecule has 1 atom stereocenters. The van der Waals surface area contributed by atoms with Crippen molar-refractivity contribution >= 4 is 51.6 Å². The van der Waals surface area contributed by atoms with Gasteiger partial charge < -0.3 is 19.5 Å². The topological polar surface area (TPSA) is 105 Å². The van der Waals surface area contributed by atoms with E-state index < -0.39 is 51.9 Å². The van der Waals surface area contributed by atoms with Crippen LogP contribution in [0, 0.1) is 23.3 Å². The molecule has 0 bridgehead atoms. The first kappa shape index (κ1) is 36.3. The van der Waals surface area contributed by atoms with Crippen molar-refractivity contribution in [3.63, 3.8) is 0 Å². The van der Waals surface area contributed by atoms with E-state index >= 15 is 8.78 Å². The predicted molar refractivity (Wildman–Crippen MR) is 193 cm³/mol. The van der Waals surface area contributed by atoms with Crippen LogP contribution in [0.15, 0.2) is 66.2 Å². The zero-order valence-electron chi connectivity index (χ0n) is 28.3. The van der Waals surface area contributed by atoms with Crippen LogP contribution in [0.4, 0.5) is 28.0 Å². The van der Waals surface area contributed by atoms with E-state index in [4.69, 9.17) is 14.2 Å². The Bertz CT molecular complexity index is 2130. The summed E-state index contributed by atoms with van der Waals surface area (Å²) in [5, 5.41) is 4.39. The lowest BCUT2D eigenvalue weighted by atomic mass is 10.1. The number of benzene rings is 3. The van der Waals surface area contributed by atoms with Crippen LogP contribution in [0.5, 0.6) is 23.0 Å². The normalized spacial score (nSPS) is 16.0. The van der Waals surface area contributed by atoms with Crippen LogP contribution in [0.25, 0.3) is 10.9 Å². The number of methoxy groups -OCH3 is 1. The number of carbonyl (C=O) groups is 2. The molecule has 0 aliphatic carbocycles. The van der Waals surface area contributed by atoms with Gasteiger partial charge in [0.2, 0.25) is 5.91 Å². The van der Waals surface area contributed by atoms with E-state index in [-0.39, 0.29) is 23.6 Å². The highest BCUT2D eigenvalue weighted by atomic mass is 32.2. The van der Waals surface area contributed by atoms with Crippen molar-refractivity contribution in [1.29, 1.82) is 0 Å². The van der Waals surface area contributed by atoms with Gasteiger partial charge in [0, 0.05) is 72.2 Å². The molecule has 0 saturated carbocycles. The van der Waals surface area contributed by atoms with Crippen LogP contribution in [0.1, 0.15) is 34.2 Å². The number of urea groups is 1. The zero-order chi connectivity index (χ0) is 37.1. The summed E-state index contributed by atoms with van der Waals surface area (Å²) in [7, 11) is 1.48. The Balaban J connectivity index is 1.01. The van der Waals surface area contributed by atoms with Gasteiger partial charge in [0.05, 0.1) is 24.8 Å². The van der Waals surface area contributed by atoms with Gasteiger partial charge in [0.15, 0.2) is 28.9 Å². The largest absolute Gasteiger partial charge is 0.493 e. The average Bonchev–Trinajstić information content (AvgIpc) is 3.61. The Kier molecular flexibility index (Phi) is 10.9. The Morgan fingerprint density at radius 3 is 2.55 bits per heavy atom. The first-order valence-corrected chi connectivity index (χ1v) is 18.6. The van der Waals surface area contributed by atoms with Crippen molar-refractivity contribution < 1.29 is 41.4 Å². The molecule has 2 aromatic heterocycles. The van der Waals surface area contributed by atoms with Crippen LogP contribution in [-0.2, 0) is 17.8 Å². The third-order valence-corrected chi connectivity index (χ3v) is 11.0. The predicted octanol–water partition coefficient (Wildman–Crippen LogP) is 8.18. The van der Waals surface area contributed by atoms with Crippen molar-refractivity contribution in [2.75, 3.05) is 37.9 Å². The molecule has 4 heterocycles. The Labute approximate surface area is 310 Å². The number of rotatable bonds is 11. The number of fused-ring (bicyclic) bond motifs is 2. The number of thiophene rings is 1. The summed E-state index contributed by atoms with van der Waals surface area (Å²) in [4.78, 5) is 33.8. The number of nitrogens with one attached hydrogen (secondary N) is 2. The molecule has 2 aliphatic rings. The minimum atomic E-state index is -1.20. The molecule has 3 amide bonds. The number of hydrogen-bond acceptors (Lipinski definition) is 9. The standard InChI is InChI=1S/C37H33F4N5O5S2/c1-49-30-18-23-28(19-31(30)50-13-3-11-45-12-7-32-21(20-45)8-14-52-32)42-10-6-29(23)51-35-26(40)16-22(17-27(35)41)43-37(48)44-46-33(47)9-15-53-36(46)34-24(38)4-2-5-25(34)39/h2,4-6,8,10,14,16-19,36H,3,7,9,11-13,15,20H2,1H3,(H2,43,44,48). The van der Waals surface area contributed by atoms with Gasteiger partial charge in [-0.3, -0.25) is 14.7 Å². The minimum absolute atomic E-state index is 0.00720. The summed E-state index contributed by atoms with van der Waals surface area (Å²) in [5.41, 5.74) is 3.37. The van der Waals surface area contributed by atoms with Crippen LogP contribution in [-0.4, -0.2) is 59.4 Å². The lowest BCUT2D eigenvalue weighted by Crippen LogP contribution is -2.51. The van der Waals surface area contributed by atoms with E-state index in [1.54, 1.807) is 12.1 Å². The number of amides is 3. The second-order valence-corrected chi connectivity index (χ2v) is 14.4. The maximum Gasteiger partial charge on any atom is 0.338 e. The average molecular weight is 768 g/mol. The summed E-state index contributed by atoms with van der Waals surface area (Å²) < 4.78 is 77.2. The van der Waals surface area contributed by atoms with E-state index in [0.717, 1.165) is 73.5 Å². The highest BCUT2D eigenvalue weighted by Crippen LogP contribution is 2.40. The second kappa shape index (κ2) is 15.9. The molecule has 5 aromatic rings. The van der Waals surface area contributed by atoms with Crippen molar-refractivity contribution in [3.05, 3.63) is 105 Å². The fourth-order valence-corrected chi connectivity index (χ4v) is 8.35. The van der Waals surface area contributed by atoms with Crippen LogP contribution in [0.2, 0.25) is 0 Å². The summed E-state index contributed by atoms with van der Waals surface area (Å²) in [6.45, 7) is 3.27. The molecule has 276 valence electrons. The van der Waals surface area contributed by atoms with Gasteiger partial charge in [0.1, 0.15) is 22.8 Å². The zero-order valence-corrected chi connectivity index (χ0v) is 29.9. The smallest absolute Gasteiger partial charge is 0.338 e. The third kappa shape index (κ3) is 7.99. The first-order chi connectivity index (χ1) is 25.7. The van der Waals surface area contributed by atoms with Gasteiger partial charge in [0.25, 0.3) is 0 Å². The molecule has 1 unspecified atom stereocenters. The summed E-state index contributed by atoms with van der Waals surface area (Å²) >= 11 is 2.86. The van der Waals surface area contributed by atoms with Crippen molar-refractivity contribution in [2.45, 2.75) is 31.2 Å². The van der Waals surface area contributed by atoms with E-state index in [9.17, 15) is 18.4 Å². The summed E-state index contributed by atoms with van der Waals surface area (Å²) in [6.07, 6.45) is 3.28. The van der Waals surface area contributed by atoms with Crippen molar-refractivity contribution in [3.8, 4) is 23.0 Å². The maximum atomic E-state index is 15.4. The second-order valence-electron chi connectivity index (χ2n) is 12.2. The molecular formula is C37H33F4N5O5S2. The van der Waals surface area contributed by atoms with Gasteiger partial charge in [-0.15, -0.1) is 23.1 Å². The molecule has 3 aromatic carbocycles. The third-order valence-electron chi connectivity index (χ3n) is 8.78. The number of hydrogen-bond donors (Lipinski definition) is 2. The molecular weight excluding hydrogens is 735 g/mol. The highest BCUT2D eigenvalue weighted by molar-refractivity contribution is 7.99. The van der Waals surface area contributed by atoms with Crippen LogP contribution in [0.3, 0.4) is 0 Å². The molecule has 2 aliphatic heterocycles. The SMILES string of the molecule is COc1cc2c(Oc3c(F)cc(NC(=O)NN4C(=O)CCSC4c4c(F)cccc4F)cc3F)ccnc2cc1OCCCN1CCc2sccc2C1.